The minimum atomic E-state index is -4.31. The van der Waals surface area contributed by atoms with Crippen LogP contribution in [0, 0.1) is 0 Å². The molecule has 1 heterocycles. The van der Waals surface area contributed by atoms with Crippen molar-refractivity contribution < 1.29 is 13.2 Å². The molecule has 0 radical (unpaired) electrons. The molecular formula is C17H14F3N3. The van der Waals surface area contributed by atoms with Crippen molar-refractivity contribution in [1.82, 2.24) is 9.78 Å². The van der Waals surface area contributed by atoms with E-state index in [1.807, 2.05) is 36.5 Å². The molecule has 1 N–H and O–H groups in total. The van der Waals surface area contributed by atoms with Crippen LogP contribution < -0.4 is 5.32 Å². The Morgan fingerprint density at radius 1 is 0.957 bits per heavy atom. The molecule has 0 aliphatic rings. The van der Waals surface area contributed by atoms with Crippen molar-refractivity contribution in [2.75, 3.05) is 5.32 Å². The summed E-state index contributed by atoms with van der Waals surface area (Å²) in [6.07, 6.45) is -0.788. The second-order valence-electron chi connectivity index (χ2n) is 5.02. The standard InChI is InChI=1S/C17H14F3N3/c18-17(19,20)14-8-6-13(7-9-14)12-21-15-4-1-2-5-16(15)23-11-3-10-22-23/h1-11,21H,12H2. The van der Waals surface area contributed by atoms with Crippen LogP contribution in [-0.4, -0.2) is 9.78 Å². The van der Waals surface area contributed by atoms with Gasteiger partial charge in [-0.25, -0.2) is 4.68 Å². The monoisotopic (exact) mass is 317 g/mol. The SMILES string of the molecule is FC(F)(F)c1ccc(CNc2ccccc2-n2cccn2)cc1. The number of rotatable bonds is 4. The average molecular weight is 317 g/mol. The number of alkyl halides is 3. The highest BCUT2D eigenvalue weighted by Gasteiger charge is 2.29. The van der Waals surface area contributed by atoms with E-state index in [2.05, 4.69) is 10.4 Å². The first-order chi connectivity index (χ1) is 11.0. The van der Waals surface area contributed by atoms with Gasteiger partial charge in [-0.05, 0) is 35.9 Å². The third kappa shape index (κ3) is 3.53. The van der Waals surface area contributed by atoms with Gasteiger partial charge in [-0.15, -0.1) is 0 Å². The van der Waals surface area contributed by atoms with E-state index in [9.17, 15) is 13.2 Å². The number of hydrogen-bond donors (Lipinski definition) is 1. The first kappa shape index (κ1) is 15.1. The molecule has 0 unspecified atom stereocenters. The summed E-state index contributed by atoms with van der Waals surface area (Å²) in [6.45, 7) is 0.427. The van der Waals surface area contributed by atoms with Crippen molar-refractivity contribution >= 4 is 5.69 Å². The van der Waals surface area contributed by atoms with Crippen molar-refractivity contribution in [3.8, 4) is 5.69 Å². The number of halogens is 3. The van der Waals surface area contributed by atoms with E-state index in [1.165, 1.54) is 12.1 Å². The molecule has 3 aromatic rings. The van der Waals surface area contributed by atoms with Gasteiger partial charge in [0.05, 0.1) is 16.9 Å². The van der Waals surface area contributed by atoms with Gasteiger partial charge in [0.15, 0.2) is 0 Å². The Balaban J connectivity index is 1.74. The second-order valence-corrected chi connectivity index (χ2v) is 5.02. The van der Waals surface area contributed by atoms with Gasteiger partial charge in [0, 0.05) is 18.9 Å². The van der Waals surface area contributed by atoms with Crippen LogP contribution in [0.25, 0.3) is 5.69 Å². The minimum absolute atomic E-state index is 0.427. The summed E-state index contributed by atoms with van der Waals surface area (Å²) in [5.41, 5.74) is 1.87. The first-order valence-corrected chi connectivity index (χ1v) is 7.03. The van der Waals surface area contributed by atoms with E-state index in [1.54, 1.807) is 10.9 Å². The van der Waals surface area contributed by atoms with Gasteiger partial charge < -0.3 is 5.32 Å². The molecule has 0 aliphatic carbocycles. The maximum atomic E-state index is 12.6. The van der Waals surface area contributed by atoms with Crippen LogP contribution in [0.3, 0.4) is 0 Å². The summed E-state index contributed by atoms with van der Waals surface area (Å²) in [4.78, 5) is 0. The van der Waals surface area contributed by atoms with Gasteiger partial charge in [-0.1, -0.05) is 24.3 Å². The number of para-hydroxylation sites is 2. The van der Waals surface area contributed by atoms with Gasteiger partial charge >= 0.3 is 6.18 Å². The summed E-state index contributed by atoms with van der Waals surface area (Å²) in [7, 11) is 0. The normalized spacial score (nSPS) is 11.4. The molecule has 0 saturated carbocycles. The van der Waals surface area contributed by atoms with Gasteiger partial charge in [-0.2, -0.15) is 18.3 Å². The molecule has 0 saturated heterocycles. The van der Waals surface area contributed by atoms with E-state index >= 15 is 0 Å². The third-order valence-corrected chi connectivity index (χ3v) is 3.42. The maximum absolute atomic E-state index is 12.6. The number of hydrogen-bond acceptors (Lipinski definition) is 2. The zero-order chi connectivity index (χ0) is 16.3. The van der Waals surface area contributed by atoms with Crippen molar-refractivity contribution in [2.45, 2.75) is 12.7 Å². The zero-order valence-electron chi connectivity index (χ0n) is 12.1. The predicted octanol–water partition coefficient (Wildman–Crippen LogP) is 4.50. The molecule has 6 heteroatoms. The van der Waals surface area contributed by atoms with Crippen molar-refractivity contribution in [2.24, 2.45) is 0 Å². The van der Waals surface area contributed by atoms with Crippen molar-refractivity contribution in [3.63, 3.8) is 0 Å². The summed E-state index contributed by atoms with van der Waals surface area (Å²) in [6, 6.07) is 14.6. The van der Waals surface area contributed by atoms with Crippen molar-refractivity contribution in [3.05, 3.63) is 78.1 Å². The Kier molecular flexibility index (Phi) is 4.06. The van der Waals surface area contributed by atoms with Crippen LogP contribution in [0.1, 0.15) is 11.1 Å². The molecule has 0 atom stereocenters. The van der Waals surface area contributed by atoms with E-state index in [0.717, 1.165) is 29.1 Å². The fourth-order valence-electron chi connectivity index (χ4n) is 2.24. The van der Waals surface area contributed by atoms with E-state index in [0.29, 0.717) is 6.54 Å². The van der Waals surface area contributed by atoms with Gasteiger partial charge in [-0.3, -0.25) is 0 Å². The average Bonchev–Trinajstić information content (AvgIpc) is 3.07. The molecule has 0 aliphatic heterocycles. The fraction of sp³-hybridized carbons (Fsp3) is 0.118. The van der Waals surface area contributed by atoms with Crippen LogP contribution in [0.4, 0.5) is 18.9 Å². The summed E-state index contributed by atoms with van der Waals surface area (Å²) < 4.78 is 39.4. The molecule has 3 rings (SSSR count). The highest BCUT2D eigenvalue weighted by Crippen LogP contribution is 2.29. The molecule has 3 nitrogen and oxygen atoms in total. The fourth-order valence-corrected chi connectivity index (χ4v) is 2.24. The molecule has 2 aromatic carbocycles. The molecule has 118 valence electrons. The van der Waals surface area contributed by atoms with Crippen LogP contribution in [-0.2, 0) is 12.7 Å². The molecule has 0 amide bonds. The second kappa shape index (κ2) is 6.16. The molecule has 0 spiro atoms. The van der Waals surface area contributed by atoms with Crippen LogP contribution in [0.2, 0.25) is 0 Å². The van der Waals surface area contributed by atoms with Gasteiger partial charge in [0.25, 0.3) is 0 Å². The maximum Gasteiger partial charge on any atom is 0.416 e. The lowest BCUT2D eigenvalue weighted by atomic mass is 10.1. The highest BCUT2D eigenvalue weighted by molar-refractivity contribution is 5.60. The quantitative estimate of drug-likeness (QED) is 0.767. The molecule has 1 aromatic heterocycles. The van der Waals surface area contributed by atoms with Gasteiger partial charge in [0.1, 0.15) is 0 Å². The lowest BCUT2D eigenvalue weighted by Gasteiger charge is -2.13. The number of aromatic nitrogens is 2. The lowest BCUT2D eigenvalue weighted by molar-refractivity contribution is -0.137. The smallest absolute Gasteiger partial charge is 0.379 e. The largest absolute Gasteiger partial charge is 0.416 e. The molecule has 0 bridgehead atoms. The van der Waals surface area contributed by atoms with Crippen LogP contribution >= 0.6 is 0 Å². The molecule has 0 fully saturated rings. The third-order valence-electron chi connectivity index (χ3n) is 3.42. The van der Waals surface area contributed by atoms with Crippen molar-refractivity contribution in [1.29, 1.82) is 0 Å². The first-order valence-electron chi connectivity index (χ1n) is 7.03. The van der Waals surface area contributed by atoms with E-state index in [4.69, 9.17) is 0 Å². The molecular weight excluding hydrogens is 303 g/mol. The molecule has 23 heavy (non-hydrogen) atoms. The van der Waals surface area contributed by atoms with E-state index in [-0.39, 0.29) is 0 Å². The van der Waals surface area contributed by atoms with Gasteiger partial charge in [0.2, 0.25) is 0 Å². The van der Waals surface area contributed by atoms with E-state index < -0.39 is 11.7 Å². The Labute approximate surface area is 131 Å². The number of benzene rings is 2. The predicted molar refractivity (Wildman–Crippen MR) is 82.3 cm³/mol. The summed E-state index contributed by atoms with van der Waals surface area (Å²) >= 11 is 0. The number of anilines is 1. The zero-order valence-corrected chi connectivity index (χ0v) is 12.1. The number of nitrogens with zero attached hydrogens (tertiary/aromatic N) is 2. The lowest BCUT2D eigenvalue weighted by Crippen LogP contribution is -2.07. The number of nitrogens with one attached hydrogen (secondary N) is 1. The Hall–Kier alpha value is -2.76. The Bertz CT molecular complexity index is 763. The van der Waals surface area contributed by atoms with Crippen LogP contribution in [0.5, 0.6) is 0 Å². The Morgan fingerprint density at radius 2 is 1.70 bits per heavy atom. The minimum Gasteiger partial charge on any atom is -0.379 e. The Morgan fingerprint density at radius 3 is 2.35 bits per heavy atom. The van der Waals surface area contributed by atoms with Crippen LogP contribution in [0.15, 0.2) is 67.0 Å². The topological polar surface area (TPSA) is 29.9 Å². The summed E-state index contributed by atoms with van der Waals surface area (Å²) in [5, 5.41) is 7.43. The highest BCUT2D eigenvalue weighted by atomic mass is 19.4. The summed E-state index contributed by atoms with van der Waals surface area (Å²) in [5.74, 6) is 0.